The highest BCUT2D eigenvalue weighted by molar-refractivity contribution is 5.92. The van der Waals surface area contributed by atoms with Crippen LogP contribution < -0.4 is 10.6 Å². The first kappa shape index (κ1) is 18.4. The van der Waals surface area contributed by atoms with Crippen molar-refractivity contribution in [3.8, 4) is 5.82 Å². The second-order valence-electron chi connectivity index (χ2n) is 6.61. The largest absolute Gasteiger partial charge is 0.326 e. The van der Waals surface area contributed by atoms with Crippen molar-refractivity contribution in [1.82, 2.24) is 14.5 Å². The summed E-state index contributed by atoms with van der Waals surface area (Å²) in [6, 6.07) is 18.7. The Labute approximate surface area is 167 Å². The predicted molar refractivity (Wildman–Crippen MR) is 112 cm³/mol. The van der Waals surface area contributed by atoms with E-state index in [2.05, 4.69) is 20.6 Å². The van der Waals surface area contributed by atoms with Gasteiger partial charge >= 0.3 is 0 Å². The third-order valence-electron chi connectivity index (χ3n) is 4.37. The van der Waals surface area contributed by atoms with Gasteiger partial charge in [-0.3, -0.25) is 14.2 Å². The second-order valence-corrected chi connectivity index (χ2v) is 6.61. The Kier molecular flexibility index (Phi) is 5.03. The molecule has 2 N–H and O–H groups in total. The molecule has 0 aliphatic carbocycles. The van der Waals surface area contributed by atoms with Crippen LogP contribution >= 0.6 is 0 Å². The third kappa shape index (κ3) is 4.30. The Hall–Kier alpha value is -4.00. The van der Waals surface area contributed by atoms with Crippen molar-refractivity contribution in [1.29, 1.82) is 0 Å². The Morgan fingerprint density at radius 3 is 2.38 bits per heavy atom. The zero-order valence-corrected chi connectivity index (χ0v) is 15.8. The number of anilines is 2. The molecule has 4 aromatic rings. The fraction of sp³-hybridized carbons (Fsp3) is 0.0909. The molecular weight excluding hydrogens is 366 g/mol. The molecule has 2 aromatic carbocycles. The maximum atomic E-state index is 12.3. The van der Waals surface area contributed by atoms with E-state index < -0.39 is 0 Å². The number of nitrogens with one attached hydrogen (secondary N) is 2. The zero-order valence-electron chi connectivity index (χ0n) is 15.8. The third-order valence-corrected chi connectivity index (χ3v) is 4.37. The first-order valence-electron chi connectivity index (χ1n) is 9.13. The van der Waals surface area contributed by atoms with Gasteiger partial charge in [-0.2, -0.15) is 0 Å². The number of aromatic nitrogens is 3. The van der Waals surface area contributed by atoms with Crippen molar-refractivity contribution in [2.24, 2.45) is 0 Å². The molecule has 0 unspecified atom stereocenters. The number of pyridine rings is 1. The minimum absolute atomic E-state index is 0.130. The summed E-state index contributed by atoms with van der Waals surface area (Å²) in [6.45, 7) is 1.45. The molecule has 0 radical (unpaired) electrons. The number of fused-ring (bicyclic) bond motifs is 1. The van der Waals surface area contributed by atoms with Crippen molar-refractivity contribution in [2.75, 3.05) is 10.6 Å². The molecule has 4 rings (SSSR count). The molecule has 0 aliphatic rings. The Morgan fingerprint density at radius 1 is 0.897 bits per heavy atom. The van der Waals surface area contributed by atoms with Gasteiger partial charge in [-0.05, 0) is 42.0 Å². The smallest absolute Gasteiger partial charge is 0.228 e. The van der Waals surface area contributed by atoms with Gasteiger partial charge in [0.2, 0.25) is 11.8 Å². The number of amides is 2. The van der Waals surface area contributed by atoms with Crippen LogP contribution in [-0.4, -0.2) is 26.3 Å². The highest BCUT2D eigenvalue weighted by atomic mass is 16.2. The first-order chi connectivity index (χ1) is 14.1. The topological polar surface area (TPSA) is 88.9 Å². The van der Waals surface area contributed by atoms with E-state index in [9.17, 15) is 9.59 Å². The van der Waals surface area contributed by atoms with E-state index in [1.165, 1.54) is 6.92 Å². The lowest BCUT2D eigenvalue weighted by atomic mass is 10.1. The van der Waals surface area contributed by atoms with Gasteiger partial charge in [0.1, 0.15) is 12.1 Å². The number of carbonyl (C=O) groups excluding carboxylic acids is 2. The van der Waals surface area contributed by atoms with Crippen molar-refractivity contribution >= 4 is 34.2 Å². The molecule has 0 bridgehead atoms. The van der Waals surface area contributed by atoms with Crippen molar-refractivity contribution in [3.05, 3.63) is 78.8 Å². The van der Waals surface area contributed by atoms with Crippen molar-refractivity contribution < 1.29 is 9.59 Å². The van der Waals surface area contributed by atoms with E-state index in [-0.39, 0.29) is 18.2 Å². The lowest BCUT2D eigenvalue weighted by Gasteiger charge is -2.08. The summed E-state index contributed by atoms with van der Waals surface area (Å²) in [4.78, 5) is 32.2. The van der Waals surface area contributed by atoms with Crippen LogP contribution in [0.3, 0.4) is 0 Å². The maximum absolute atomic E-state index is 12.3. The normalized spacial score (nSPS) is 10.7. The molecule has 29 heavy (non-hydrogen) atoms. The summed E-state index contributed by atoms with van der Waals surface area (Å²) in [5.74, 6) is 0.459. The summed E-state index contributed by atoms with van der Waals surface area (Å²) >= 11 is 0. The molecule has 0 fully saturated rings. The van der Waals surface area contributed by atoms with E-state index in [4.69, 9.17) is 0 Å². The number of imidazole rings is 1. The van der Waals surface area contributed by atoms with Crippen LogP contribution in [0.15, 0.2) is 73.2 Å². The number of nitrogens with zero attached hydrogens (tertiary/aromatic N) is 3. The number of carbonyl (C=O) groups is 2. The number of benzene rings is 2. The van der Waals surface area contributed by atoms with Gasteiger partial charge in [0.05, 0.1) is 29.3 Å². The Balaban J connectivity index is 1.41. The lowest BCUT2D eigenvalue weighted by molar-refractivity contribution is -0.116. The van der Waals surface area contributed by atoms with Crippen LogP contribution in [0.5, 0.6) is 0 Å². The minimum Gasteiger partial charge on any atom is -0.326 e. The van der Waals surface area contributed by atoms with E-state index in [1.807, 2.05) is 53.1 Å². The average Bonchev–Trinajstić information content (AvgIpc) is 3.14. The van der Waals surface area contributed by atoms with E-state index in [1.54, 1.807) is 24.7 Å². The van der Waals surface area contributed by atoms with Gasteiger partial charge in [-0.1, -0.05) is 24.3 Å². The molecule has 0 aliphatic heterocycles. The molecule has 0 spiro atoms. The van der Waals surface area contributed by atoms with Crippen molar-refractivity contribution in [3.63, 3.8) is 0 Å². The van der Waals surface area contributed by atoms with Crippen LogP contribution in [0.2, 0.25) is 0 Å². The van der Waals surface area contributed by atoms with E-state index >= 15 is 0 Å². The predicted octanol–water partition coefficient (Wildman–Crippen LogP) is 3.56. The van der Waals surface area contributed by atoms with Crippen LogP contribution in [0.1, 0.15) is 12.5 Å². The first-order valence-corrected chi connectivity index (χ1v) is 9.13. The number of hydrogen-bond donors (Lipinski definition) is 2. The molecule has 7 nitrogen and oxygen atoms in total. The summed E-state index contributed by atoms with van der Waals surface area (Å²) in [7, 11) is 0. The zero-order chi connectivity index (χ0) is 20.2. The van der Waals surface area contributed by atoms with Crippen LogP contribution in [0.25, 0.3) is 16.9 Å². The molecule has 0 saturated carbocycles. The molecule has 2 aromatic heterocycles. The maximum Gasteiger partial charge on any atom is 0.228 e. The molecule has 0 atom stereocenters. The standard InChI is InChI=1S/C22H19N5O2/c1-15(28)25-17-8-6-16(7-9-17)12-22(29)26-18-10-11-21(23-13-18)27-14-24-19-4-2-3-5-20(19)27/h2-11,13-14H,12H2,1H3,(H,25,28)(H,26,29). The van der Waals surface area contributed by atoms with Gasteiger partial charge < -0.3 is 10.6 Å². The van der Waals surface area contributed by atoms with Gasteiger partial charge in [0, 0.05) is 12.6 Å². The fourth-order valence-electron chi connectivity index (χ4n) is 3.04. The van der Waals surface area contributed by atoms with Gasteiger partial charge in [-0.15, -0.1) is 0 Å². The highest BCUT2D eigenvalue weighted by Gasteiger charge is 2.08. The van der Waals surface area contributed by atoms with Gasteiger partial charge in [-0.25, -0.2) is 9.97 Å². The molecule has 7 heteroatoms. The van der Waals surface area contributed by atoms with Crippen LogP contribution in [0.4, 0.5) is 11.4 Å². The number of para-hydroxylation sites is 2. The van der Waals surface area contributed by atoms with E-state index in [0.29, 0.717) is 11.4 Å². The molecule has 2 amide bonds. The van der Waals surface area contributed by atoms with Crippen molar-refractivity contribution in [2.45, 2.75) is 13.3 Å². The molecular formula is C22H19N5O2. The SMILES string of the molecule is CC(=O)Nc1ccc(CC(=O)Nc2ccc(-n3cnc4ccccc43)nc2)cc1. The van der Waals surface area contributed by atoms with Gasteiger partial charge in [0.25, 0.3) is 0 Å². The quantitative estimate of drug-likeness (QED) is 0.550. The second kappa shape index (κ2) is 7.93. The molecule has 0 saturated heterocycles. The van der Waals surface area contributed by atoms with E-state index in [0.717, 1.165) is 22.4 Å². The van der Waals surface area contributed by atoms with Gasteiger partial charge in [0.15, 0.2) is 0 Å². The summed E-state index contributed by atoms with van der Waals surface area (Å²) in [6.07, 6.45) is 3.59. The summed E-state index contributed by atoms with van der Waals surface area (Å²) < 4.78 is 1.90. The molecule has 2 heterocycles. The summed E-state index contributed by atoms with van der Waals surface area (Å²) in [5, 5.41) is 5.55. The van der Waals surface area contributed by atoms with Crippen LogP contribution in [0, 0.1) is 0 Å². The highest BCUT2D eigenvalue weighted by Crippen LogP contribution is 2.18. The number of hydrogen-bond acceptors (Lipinski definition) is 4. The number of rotatable bonds is 5. The lowest BCUT2D eigenvalue weighted by Crippen LogP contribution is -2.14. The molecule has 144 valence electrons. The Morgan fingerprint density at radius 2 is 1.66 bits per heavy atom. The van der Waals surface area contributed by atoms with Crippen LogP contribution in [-0.2, 0) is 16.0 Å². The summed E-state index contributed by atoms with van der Waals surface area (Å²) in [5.41, 5.74) is 4.05. The average molecular weight is 385 g/mol. The monoisotopic (exact) mass is 385 g/mol. The minimum atomic E-state index is -0.139. The fourth-order valence-corrected chi connectivity index (χ4v) is 3.04. The Bertz CT molecular complexity index is 1160.